The first-order chi connectivity index (χ1) is 7.83. The van der Waals surface area contributed by atoms with Crippen LogP contribution in [-0.4, -0.2) is 7.05 Å². The summed E-state index contributed by atoms with van der Waals surface area (Å²) < 4.78 is 0. The monoisotopic (exact) mass is 213 g/mol. The lowest BCUT2D eigenvalue weighted by atomic mass is 10.1. The van der Waals surface area contributed by atoms with Crippen molar-refractivity contribution in [2.24, 2.45) is 0 Å². The molecule has 0 aliphatic carbocycles. The van der Waals surface area contributed by atoms with E-state index in [2.05, 4.69) is 61.4 Å². The van der Waals surface area contributed by atoms with Crippen LogP contribution in [0.3, 0.4) is 0 Å². The molecule has 1 heterocycles. The highest BCUT2D eigenvalue weighted by Crippen LogP contribution is 2.29. The van der Waals surface area contributed by atoms with E-state index in [0.717, 1.165) is 6.42 Å². The molecule has 84 valence electrons. The van der Waals surface area contributed by atoms with E-state index < -0.39 is 0 Å². The van der Waals surface area contributed by atoms with Crippen LogP contribution >= 0.6 is 0 Å². The quantitative estimate of drug-likeness (QED) is 0.683. The maximum absolute atomic E-state index is 2.32. The fourth-order valence-electron chi connectivity index (χ4n) is 2.23. The molecule has 0 spiro atoms. The van der Waals surface area contributed by atoms with Crippen LogP contribution in [0.2, 0.25) is 0 Å². The third-order valence-corrected chi connectivity index (χ3v) is 3.14. The molecule has 1 aromatic carbocycles. The van der Waals surface area contributed by atoms with Gasteiger partial charge in [0.15, 0.2) is 0 Å². The molecule has 1 heteroatoms. The Morgan fingerprint density at radius 2 is 2.00 bits per heavy atom. The zero-order valence-corrected chi connectivity index (χ0v) is 10.1. The van der Waals surface area contributed by atoms with Gasteiger partial charge in [-0.15, -0.1) is 0 Å². The largest absolute Gasteiger partial charge is 0.348 e. The number of aryl methyl sites for hydroxylation is 1. The molecule has 1 nitrogen and oxygen atoms in total. The number of para-hydroxylation sites is 1. The minimum absolute atomic E-state index is 1.16. The Balaban J connectivity index is 2.37. The highest BCUT2D eigenvalue weighted by atomic mass is 15.1. The van der Waals surface area contributed by atoms with Crippen LogP contribution in [0, 0.1) is 0 Å². The summed E-state index contributed by atoms with van der Waals surface area (Å²) in [6.07, 6.45) is 10.0. The van der Waals surface area contributed by atoms with Gasteiger partial charge in [-0.05, 0) is 43.9 Å². The third-order valence-electron chi connectivity index (χ3n) is 3.14. The second-order valence-electron chi connectivity index (χ2n) is 4.23. The van der Waals surface area contributed by atoms with Crippen molar-refractivity contribution < 1.29 is 0 Å². The van der Waals surface area contributed by atoms with Gasteiger partial charge in [0.25, 0.3) is 0 Å². The van der Waals surface area contributed by atoms with Crippen molar-refractivity contribution in [3.05, 3.63) is 53.8 Å². The van der Waals surface area contributed by atoms with Crippen molar-refractivity contribution in [3.63, 3.8) is 0 Å². The first-order valence-corrected chi connectivity index (χ1v) is 5.96. The van der Waals surface area contributed by atoms with Gasteiger partial charge in [0, 0.05) is 18.4 Å². The molecule has 0 saturated carbocycles. The number of hydrogen-bond acceptors (Lipinski definition) is 1. The van der Waals surface area contributed by atoms with Crippen molar-refractivity contribution in [2.75, 3.05) is 11.9 Å². The molecule has 16 heavy (non-hydrogen) atoms. The lowest BCUT2D eigenvalue weighted by Crippen LogP contribution is -2.15. The van der Waals surface area contributed by atoms with Gasteiger partial charge in [-0.3, -0.25) is 0 Å². The fourth-order valence-corrected chi connectivity index (χ4v) is 2.23. The smallest absolute Gasteiger partial charge is 0.0438 e. The van der Waals surface area contributed by atoms with Crippen molar-refractivity contribution in [1.29, 1.82) is 0 Å². The van der Waals surface area contributed by atoms with Crippen molar-refractivity contribution in [1.82, 2.24) is 0 Å². The summed E-state index contributed by atoms with van der Waals surface area (Å²) in [6.45, 7) is 2.06. The van der Waals surface area contributed by atoms with Crippen LogP contribution in [-0.2, 0) is 6.42 Å². The molecular weight excluding hydrogens is 194 g/mol. The highest BCUT2D eigenvalue weighted by Gasteiger charge is 2.14. The zero-order chi connectivity index (χ0) is 11.4. The van der Waals surface area contributed by atoms with Gasteiger partial charge in [-0.25, -0.2) is 0 Å². The topological polar surface area (TPSA) is 3.24 Å². The third kappa shape index (κ3) is 2.19. The van der Waals surface area contributed by atoms with E-state index in [1.54, 1.807) is 0 Å². The number of nitrogens with zero attached hydrogens (tertiary/aromatic N) is 1. The van der Waals surface area contributed by atoms with Gasteiger partial charge in [0.05, 0.1) is 0 Å². The number of benzene rings is 1. The predicted octanol–water partition coefficient (Wildman–Crippen LogP) is 3.92. The van der Waals surface area contributed by atoms with Gasteiger partial charge in [0.1, 0.15) is 0 Å². The first kappa shape index (κ1) is 11.0. The molecule has 0 N–H and O–H groups in total. The van der Waals surface area contributed by atoms with E-state index in [0.29, 0.717) is 0 Å². The Bertz CT molecular complexity index is 415. The molecule has 1 aromatic rings. The standard InChI is InChI=1S/C15H19N/c1-3-4-10-14-11-7-9-13-8-5-6-12-15(13)16(14)2/h3-6,8,10,12H,7,9,11H2,1-2H3/b4-3-,14-10+. The van der Waals surface area contributed by atoms with Gasteiger partial charge >= 0.3 is 0 Å². The average molecular weight is 213 g/mol. The molecule has 2 rings (SSSR count). The Morgan fingerprint density at radius 1 is 1.19 bits per heavy atom. The van der Waals surface area contributed by atoms with E-state index in [9.17, 15) is 0 Å². The SMILES string of the molecule is C/C=C\C=C1/CCCc2ccccc2N1C. The van der Waals surface area contributed by atoms with Crippen molar-refractivity contribution >= 4 is 5.69 Å². The highest BCUT2D eigenvalue weighted by molar-refractivity contribution is 5.58. The van der Waals surface area contributed by atoms with Crippen molar-refractivity contribution in [2.45, 2.75) is 26.2 Å². The molecule has 0 atom stereocenters. The Kier molecular flexibility index (Phi) is 3.45. The maximum atomic E-state index is 2.32. The lowest BCUT2D eigenvalue weighted by molar-refractivity contribution is 0.819. The molecule has 1 aliphatic rings. The number of anilines is 1. The van der Waals surface area contributed by atoms with Crippen LogP contribution in [0.4, 0.5) is 5.69 Å². The Morgan fingerprint density at radius 3 is 2.81 bits per heavy atom. The average Bonchev–Trinajstić information content (AvgIpc) is 2.47. The second-order valence-corrected chi connectivity index (χ2v) is 4.23. The number of allylic oxidation sites excluding steroid dienone is 4. The number of rotatable bonds is 1. The van der Waals surface area contributed by atoms with Gasteiger partial charge in [-0.2, -0.15) is 0 Å². The van der Waals surface area contributed by atoms with E-state index in [4.69, 9.17) is 0 Å². The van der Waals surface area contributed by atoms with Crippen molar-refractivity contribution in [3.8, 4) is 0 Å². The van der Waals surface area contributed by atoms with Gasteiger partial charge in [0.2, 0.25) is 0 Å². The Hall–Kier alpha value is -1.50. The fraction of sp³-hybridized carbons (Fsp3) is 0.333. The summed E-state index contributed by atoms with van der Waals surface area (Å²) in [4.78, 5) is 2.32. The minimum Gasteiger partial charge on any atom is -0.348 e. The summed E-state index contributed by atoms with van der Waals surface area (Å²) in [5.74, 6) is 0. The lowest BCUT2D eigenvalue weighted by Gasteiger charge is -2.22. The van der Waals surface area contributed by atoms with Gasteiger partial charge in [-0.1, -0.05) is 30.4 Å². The van der Waals surface area contributed by atoms with E-state index in [1.165, 1.54) is 29.8 Å². The predicted molar refractivity (Wildman–Crippen MR) is 70.7 cm³/mol. The molecule has 0 saturated heterocycles. The van der Waals surface area contributed by atoms with Crippen LogP contribution in [0.1, 0.15) is 25.3 Å². The summed E-state index contributed by atoms with van der Waals surface area (Å²) in [5.41, 5.74) is 4.23. The summed E-state index contributed by atoms with van der Waals surface area (Å²) >= 11 is 0. The van der Waals surface area contributed by atoms with E-state index in [1.807, 2.05) is 0 Å². The van der Waals surface area contributed by atoms with Crippen LogP contribution in [0.25, 0.3) is 0 Å². The summed E-state index contributed by atoms with van der Waals surface area (Å²) in [7, 11) is 2.17. The maximum Gasteiger partial charge on any atom is 0.0438 e. The molecule has 0 radical (unpaired) electrons. The molecule has 0 unspecified atom stereocenters. The first-order valence-electron chi connectivity index (χ1n) is 5.96. The van der Waals surface area contributed by atoms with E-state index in [-0.39, 0.29) is 0 Å². The molecule has 0 bridgehead atoms. The second kappa shape index (κ2) is 5.02. The molecule has 1 aliphatic heterocycles. The van der Waals surface area contributed by atoms with Crippen LogP contribution in [0.5, 0.6) is 0 Å². The minimum atomic E-state index is 1.16. The van der Waals surface area contributed by atoms with Crippen LogP contribution in [0.15, 0.2) is 48.2 Å². The van der Waals surface area contributed by atoms with Gasteiger partial charge < -0.3 is 4.90 Å². The summed E-state index contributed by atoms with van der Waals surface area (Å²) in [6, 6.07) is 8.70. The number of hydrogen-bond donors (Lipinski definition) is 0. The molecule has 0 fully saturated rings. The molecular formula is C15H19N. The summed E-state index contributed by atoms with van der Waals surface area (Å²) in [5, 5.41) is 0. The molecule has 0 aromatic heterocycles. The normalized spacial score (nSPS) is 18.9. The number of fused-ring (bicyclic) bond motifs is 1. The zero-order valence-electron chi connectivity index (χ0n) is 10.1. The van der Waals surface area contributed by atoms with E-state index >= 15 is 0 Å². The van der Waals surface area contributed by atoms with Crippen LogP contribution < -0.4 is 4.90 Å². The molecule has 0 amide bonds. The Labute approximate surface area is 98.1 Å².